The fourth-order valence-electron chi connectivity index (χ4n) is 2.59. The normalized spacial score (nSPS) is 11.3. The van der Waals surface area contributed by atoms with Crippen LogP contribution in [0.15, 0.2) is 42.6 Å². The Balaban J connectivity index is 2.15. The number of aromatic nitrogens is 1. The van der Waals surface area contributed by atoms with Crippen molar-refractivity contribution < 1.29 is 9.90 Å². The quantitative estimate of drug-likeness (QED) is 0.688. The van der Waals surface area contributed by atoms with Crippen molar-refractivity contribution in [1.29, 1.82) is 0 Å². The second kappa shape index (κ2) is 5.50. The van der Waals surface area contributed by atoms with Crippen molar-refractivity contribution in [3.05, 3.63) is 58.7 Å². The molecule has 22 heavy (non-hydrogen) atoms. The van der Waals surface area contributed by atoms with Gasteiger partial charge in [-0.25, -0.2) is 4.79 Å². The van der Waals surface area contributed by atoms with Crippen LogP contribution in [0.1, 0.15) is 35.7 Å². The Hall–Kier alpha value is -2.26. The lowest BCUT2D eigenvalue weighted by Gasteiger charge is -2.09. The Morgan fingerprint density at radius 2 is 1.86 bits per heavy atom. The third kappa shape index (κ3) is 2.48. The van der Waals surface area contributed by atoms with Crippen LogP contribution < -0.4 is 0 Å². The van der Waals surface area contributed by atoms with Crippen molar-refractivity contribution in [2.75, 3.05) is 0 Å². The van der Waals surface area contributed by atoms with Gasteiger partial charge in [0.25, 0.3) is 0 Å². The number of H-pyrrole nitrogens is 1. The molecule has 3 nitrogen and oxygen atoms in total. The number of hydrogen-bond acceptors (Lipinski definition) is 1. The Kier molecular flexibility index (Phi) is 3.67. The second-order valence-electron chi connectivity index (χ2n) is 5.66. The summed E-state index contributed by atoms with van der Waals surface area (Å²) >= 11 is 6.36. The molecular formula is C18H16ClNO2. The molecule has 3 rings (SSSR count). The van der Waals surface area contributed by atoms with Crippen LogP contribution in [0.25, 0.3) is 22.0 Å². The highest BCUT2D eigenvalue weighted by atomic mass is 35.5. The molecule has 2 aromatic carbocycles. The lowest BCUT2D eigenvalue weighted by Crippen LogP contribution is -1.94. The lowest BCUT2D eigenvalue weighted by atomic mass is 9.97. The highest BCUT2D eigenvalue weighted by molar-refractivity contribution is 6.34. The molecule has 112 valence electrons. The predicted octanol–water partition coefficient (Wildman–Crippen LogP) is 5.31. The summed E-state index contributed by atoms with van der Waals surface area (Å²) < 4.78 is 0. The standard InChI is InChI=1S/C18H16ClNO2/c1-10(2)11-3-5-12(6-4-11)13-7-14-15(18(21)22)9-20-17(14)8-16(13)19/h3-10,20H,1-2H3,(H,21,22). The maximum absolute atomic E-state index is 11.3. The van der Waals surface area contributed by atoms with E-state index in [1.165, 1.54) is 11.8 Å². The third-order valence-electron chi connectivity index (χ3n) is 3.89. The van der Waals surface area contributed by atoms with E-state index in [2.05, 4.69) is 31.0 Å². The van der Waals surface area contributed by atoms with E-state index in [1.54, 1.807) is 6.07 Å². The smallest absolute Gasteiger partial charge is 0.337 e. The average Bonchev–Trinajstić information content (AvgIpc) is 2.89. The van der Waals surface area contributed by atoms with Gasteiger partial charge in [-0.2, -0.15) is 0 Å². The van der Waals surface area contributed by atoms with Gasteiger partial charge in [0, 0.05) is 22.7 Å². The number of aromatic amines is 1. The number of nitrogens with one attached hydrogen (secondary N) is 1. The molecule has 0 aliphatic carbocycles. The number of carboxylic acids is 1. The van der Waals surface area contributed by atoms with Crippen LogP contribution >= 0.6 is 11.6 Å². The van der Waals surface area contributed by atoms with Crippen LogP contribution in [0.4, 0.5) is 0 Å². The molecule has 0 amide bonds. The maximum atomic E-state index is 11.3. The van der Waals surface area contributed by atoms with E-state index in [1.807, 2.05) is 18.2 Å². The maximum Gasteiger partial charge on any atom is 0.337 e. The summed E-state index contributed by atoms with van der Waals surface area (Å²) in [5.41, 5.74) is 4.06. The van der Waals surface area contributed by atoms with Crippen LogP contribution in [-0.4, -0.2) is 16.1 Å². The second-order valence-corrected chi connectivity index (χ2v) is 6.07. The number of fused-ring (bicyclic) bond motifs is 1. The first-order chi connectivity index (χ1) is 10.5. The van der Waals surface area contributed by atoms with Gasteiger partial charge in [-0.1, -0.05) is 49.7 Å². The van der Waals surface area contributed by atoms with Gasteiger partial charge >= 0.3 is 5.97 Å². The topological polar surface area (TPSA) is 53.1 Å². The summed E-state index contributed by atoms with van der Waals surface area (Å²) in [7, 11) is 0. The van der Waals surface area contributed by atoms with E-state index in [9.17, 15) is 9.90 Å². The number of aromatic carboxylic acids is 1. The fraction of sp³-hybridized carbons (Fsp3) is 0.167. The number of carboxylic acid groups (broad SMARTS) is 1. The van der Waals surface area contributed by atoms with Crippen LogP contribution in [0.2, 0.25) is 5.02 Å². The molecule has 0 radical (unpaired) electrons. The first-order valence-corrected chi connectivity index (χ1v) is 7.49. The molecule has 2 N–H and O–H groups in total. The van der Waals surface area contributed by atoms with Crippen molar-refractivity contribution in [3.63, 3.8) is 0 Å². The first kappa shape index (κ1) is 14.7. The Labute approximate surface area is 133 Å². The monoisotopic (exact) mass is 313 g/mol. The Bertz CT molecular complexity index is 847. The molecule has 0 spiro atoms. The zero-order valence-electron chi connectivity index (χ0n) is 12.4. The first-order valence-electron chi connectivity index (χ1n) is 7.11. The summed E-state index contributed by atoms with van der Waals surface area (Å²) in [6, 6.07) is 11.8. The highest BCUT2D eigenvalue weighted by Gasteiger charge is 2.14. The number of benzene rings is 2. The molecular weight excluding hydrogens is 298 g/mol. The number of carbonyl (C=O) groups is 1. The van der Waals surface area contributed by atoms with E-state index < -0.39 is 5.97 Å². The summed E-state index contributed by atoms with van der Waals surface area (Å²) in [5.74, 6) is -0.482. The minimum Gasteiger partial charge on any atom is -0.478 e. The van der Waals surface area contributed by atoms with Gasteiger partial charge in [0.05, 0.1) is 10.6 Å². The predicted molar refractivity (Wildman–Crippen MR) is 89.8 cm³/mol. The minimum atomic E-state index is -0.949. The van der Waals surface area contributed by atoms with E-state index in [0.29, 0.717) is 16.3 Å². The molecule has 4 heteroatoms. The number of hydrogen-bond donors (Lipinski definition) is 2. The summed E-state index contributed by atoms with van der Waals surface area (Å²) in [5, 5.41) is 10.5. The zero-order chi connectivity index (χ0) is 15.9. The number of rotatable bonds is 3. The van der Waals surface area contributed by atoms with Crippen molar-refractivity contribution >= 4 is 28.5 Å². The lowest BCUT2D eigenvalue weighted by molar-refractivity contribution is 0.0699. The molecule has 1 heterocycles. The molecule has 0 saturated carbocycles. The van der Waals surface area contributed by atoms with Gasteiger partial charge in [0.2, 0.25) is 0 Å². The summed E-state index contributed by atoms with van der Waals surface area (Å²) in [6.07, 6.45) is 1.50. The van der Waals surface area contributed by atoms with Crippen molar-refractivity contribution in [2.45, 2.75) is 19.8 Å². The Morgan fingerprint density at radius 1 is 1.18 bits per heavy atom. The molecule has 0 fully saturated rings. The van der Waals surface area contributed by atoms with Crippen LogP contribution in [0, 0.1) is 0 Å². The Morgan fingerprint density at radius 3 is 2.45 bits per heavy atom. The van der Waals surface area contributed by atoms with E-state index in [-0.39, 0.29) is 5.56 Å². The largest absolute Gasteiger partial charge is 0.478 e. The van der Waals surface area contributed by atoms with E-state index in [4.69, 9.17) is 11.6 Å². The molecule has 0 bridgehead atoms. The molecule has 1 aromatic heterocycles. The fourth-order valence-corrected chi connectivity index (χ4v) is 2.86. The van der Waals surface area contributed by atoms with Gasteiger partial charge in [-0.05, 0) is 29.2 Å². The number of halogens is 1. The highest BCUT2D eigenvalue weighted by Crippen LogP contribution is 2.34. The minimum absolute atomic E-state index is 0.256. The van der Waals surface area contributed by atoms with Crippen LogP contribution in [-0.2, 0) is 0 Å². The summed E-state index contributed by atoms with van der Waals surface area (Å²) in [4.78, 5) is 14.2. The van der Waals surface area contributed by atoms with Gasteiger partial charge < -0.3 is 10.1 Å². The molecule has 0 aliphatic heterocycles. The third-order valence-corrected chi connectivity index (χ3v) is 4.20. The molecule has 0 unspecified atom stereocenters. The van der Waals surface area contributed by atoms with E-state index >= 15 is 0 Å². The van der Waals surface area contributed by atoms with Gasteiger partial charge in [0.1, 0.15) is 0 Å². The van der Waals surface area contributed by atoms with Crippen molar-refractivity contribution in [2.24, 2.45) is 0 Å². The van der Waals surface area contributed by atoms with Gasteiger partial charge in [0.15, 0.2) is 0 Å². The zero-order valence-corrected chi connectivity index (χ0v) is 13.1. The van der Waals surface area contributed by atoms with Crippen molar-refractivity contribution in [1.82, 2.24) is 4.98 Å². The van der Waals surface area contributed by atoms with Crippen LogP contribution in [0.3, 0.4) is 0 Å². The molecule has 0 aliphatic rings. The SMILES string of the molecule is CC(C)c1ccc(-c2cc3c(C(=O)O)c[nH]c3cc2Cl)cc1. The van der Waals surface area contributed by atoms with Gasteiger partial charge in [-0.15, -0.1) is 0 Å². The van der Waals surface area contributed by atoms with Crippen LogP contribution in [0.5, 0.6) is 0 Å². The average molecular weight is 314 g/mol. The van der Waals surface area contributed by atoms with E-state index in [0.717, 1.165) is 16.6 Å². The molecule has 0 atom stereocenters. The van der Waals surface area contributed by atoms with Gasteiger partial charge in [-0.3, -0.25) is 0 Å². The molecule has 3 aromatic rings. The molecule has 0 saturated heterocycles. The summed E-state index contributed by atoms with van der Waals surface area (Å²) in [6.45, 7) is 4.29. The van der Waals surface area contributed by atoms with Crippen molar-refractivity contribution in [3.8, 4) is 11.1 Å².